The van der Waals surface area contributed by atoms with Crippen LogP contribution in [-0.4, -0.2) is 17.1 Å². The van der Waals surface area contributed by atoms with E-state index < -0.39 is 0 Å². The van der Waals surface area contributed by atoms with E-state index in [-0.39, 0.29) is 12.6 Å². The van der Waals surface area contributed by atoms with Crippen molar-refractivity contribution in [3.63, 3.8) is 0 Å². The molecule has 3 aromatic rings. The van der Waals surface area contributed by atoms with E-state index in [1.807, 2.05) is 31.5 Å². The van der Waals surface area contributed by atoms with Gasteiger partial charge in [-0.15, -0.1) is 0 Å². The molecule has 0 N–H and O–H groups in total. The van der Waals surface area contributed by atoms with Gasteiger partial charge in [0.15, 0.2) is 17.3 Å². The van der Waals surface area contributed by atoms with Crippen molar-refractivity contribution in [3.05, 3.63) is 65.9 Å². The zero-order chi connectivity index (χ0) is 15.8. The Hall–Kier alpha value is -3.01. The van der Waals surface area contributed by atoms with Crippen LogP contribution >= 0.6 is 0 Å². The van der Waals surface area contributed by atoms with Crippen LogP contribution in [0.15, 0.2) is 54.7 Å². The Morgan fingerprint density at radius 3 is 2.87 bits per heavy atom. The number of carbonyl (C=O) groups is 1. The number of hydrogen-bond acceptors (Lipinski definition) is 3. The van der Waals surface area contributed by atoms with Gasteiger partial charge in [-0.1, -0.05) is 18.2 Å². The Kier molecular flexibility index (Phi) is 3.15. The number of nitrogens with zero attached hydrogens (tertiary/aromatic N) is 1. The number of benzene rings is 2. The quantitative estimate of drug-likeness (QED) is 0.546. The first-order valence-electron chi connectivity index (χ1n) is 7.38. The highest BCUT2D eigenvalue weighted by molar-refractivity contribution is 6.08. The summed E-state index contributed by atoms with van der Waals surface area (Å²) in [6, 6.07) is 13.4. The van der Waals surface area contributed by atoms with Gasteiger partial charge in [-0.05, 0) is 36.4 Å². The van der Waals surface area contributed by atoms with Crippen LogP contribution in [0.5, 0.6) is 11.5 Å². The number of allylic oxidation sites excluding steroid dienone is 1. The number of carbonyl (C=O) groups excluding carboxylic acids is 1. The fourth-order valence-corrected chi connectivity index (χ4v) is 2.82. The maximum absolute atomic E-state index is 12.4. The topological polar surface area (TPSA) is 40.5 Å². The summed E-state index contributed by atoms with van der Waals surface area (Å²) in [5.74, 6) is 1.24. The molecule has 114 valence electrons. The smallest absolute Gasteiger partial charge is 0.231 e. The van der Waals surface area contributed by atoms with Crippen molar-refractivity contribution >= 4 is 22.8 Å². The number of aryl methyl sites for hydroxylation is 1. The summed E-state index contributed by atoms with van der Waals surface area (Å²) >= 11 is 0. The maximum Gasteiger partial charge on any atom is 0.231 e. The highest BCUT2D eigenvalue weighted by Crippen LogP contribution is 2.32. The number of ketones is 1. The van der Waals surface area contributed by atoms with E-state index in [0.717, 1.165) is 16.5 Å². The van der Waals surface area contributed by atoms with Gasteiger partial charge in [0.25, 0.3) is 0 Å². The molecule has 0 bridgehead atoms. The first kappa shape index (κ1) is 13.6. The van der Waals surface area contributed by atoms with Gasteiger partial charge < -0.3 is 14.0 Å². The molecule has 23 heavy (non-hydrogen) atoms. The van der Waals surface area contributed by atoms with Crippen molar-refractivity contribution in [2.24, 2.45) is 7.05 Å². The van der Waals surface area contributed by atoms with Gasteiger partial charge in [0.05, 0.1) is 0 Å². The van der Waals surface area contributed by atoms with Gasteiger partial charge in [0.2, 0.25) is 6.79 Å². The van der Waals surface area contributed by atoms with E-state index in [9.17, 15) is 4.79 Å². The molecule has 2 aromatic carbocycles. The van der Waals surface area contributed by atoms with Crippen molar-refractivity contribution in [3.8, 4) is 11.5 Å². The highest BCUT2D eigenvalue weighted by atomic mass is 16.7. The molecule has 1 aliphatic rings. The second kappa shape index (κ2) is 5.32. The molecular formula is C19H15NO3. The summed E-state index contributed by atoms with van der Waals surface area (Å²) in [5.41, 5.74) is 2.76. The monoisotopic (exact) mass is 305 g/mol. The van der Waals surface area contributed by atoms with Crippen LogP contribution in [0.2, 0.25) is 0 Å². The van der Waals surface area contributed by atoms with Gasteiger partial charge in [-0.2, -0.15) is 0 Å². The van der Waals surface area contributed by atoms with Gasteiger partial charge in [0.1, 0.15) is 0 Å². The summed E-state index contributed by atoms with van der Waals surface area (Å²) in [6.45, 7) is 0.207. The molecule has 0 radical (unpaired) electrons. The number of fused-ring (bicyclic) bond motifs is 2. The minimum atomic E-state index is -0.0590. The lowest BCUT2D eigenvalue weighted by Crippen LogP contribution is -1.94. The van der Waals surface area contributed by atoms with E-state index in [1.54, 1.807) is 24.3 Å². The van der Waals surface area contributed by atoms with Crippen LogP contribution in [-0.2, 0) is 7.05 Å². The fraction of sp³-hybridized carbons (Fsp3) is 0.105. The second-order valence-corrected chi connectivity index (χ2v) is 5.48. The Balaban J connectivity index is 1.64. The molecule has 0 fully saturated rings. The standard InChI is InChI=1S/C19H15NO3/c1-20-11-14(15-4-2-3-5-16(15)20)6-8-17(21)13-7-9-18-19(10-13)23-12-22-18/h2-11H,12H2,1H3/b8-6+. The lowest BCUT2D eigenvalue weighted by Gasteiger charge is -1.99. The molecule has 4 nitrogen and oxygen atoms in total. The predicted molar refractivity (Wildman–Crippen MR) is 88.8 cm³/mol. The van der Waals surface area contributed by atoms with Crippen molar-refractivity contribution in [2.75, 3.05) is 6.79 Å². The maximum atomic E-state index is 12.4. The second-order valence-electron chi connectivity index (χ2n) is 5.48. The van der Waals surface area contributed by atoms with Crippen LogP contribution in [0.1, 0.15) is 15.9 Å². The van der Waals surface area contributed by atoms with Crippen molar-refractivity contribution < 1.29 is 14.3 Å². The largest absolute Gasteiger partial charge is 0.454 e. The molecule has 0 amide bonds. The molecule has 4 heteroatoms. The van der Waals surface area contributed by atoms with Gasteiger partial charge >= 0.3 is 0 Å². The highest BCUT2D eigenvalue weighted by Gasteiger charge is 2.15. The molecule has 4 rings (SSSR count). The van der Waals surface area contributed by atoms with Crippen molar-refractivity contribution in [1.29, 1.82) is 0 Å². The molecule has 0 unspecified atom stereocenters. The summed E-state index contributed by atoms with van der Waals surface area (Å²) in [4.78, 5) is 12.4. The Morgan fingerprint density at radius 2 is 1.96 bits per heavy atom. The first-order chi connectivity index (χ1) is 11.2. The van der Waals surface area contributed by atoms with Gasteiger partial charge in [-0.3, -0.25) is 4.79 Å². The van der Waals surface area contributed by atoms with Gasteiger partial charge in [-0.25, -0.2) is 0 Å². The van der Waals surface area contributed by atoms with Crippen LogP contribution < -0.4 is 9.47 Å². The Bertz CT molecular complexity index is 937. The minimum Gasteiger partial charge on any atom is -0.454 e. The lowest BCUT2D eigenvalue weighted by molar-refractivity contribution is 0.104. The van der Waals surface area contributed by atoms with E-state index in [2.05, 4.69) is 16.7 Å². The van der Waals surface area contributed by atoms with Gasteiger partial charge in [0, 0.05) is 35.3 Å². The minimum absolute atomic E-state index is 0.0590. The number of ether oxygens (including phenoxy) is 2. The van der Waals surface area contributed by atoms with E-state index >= 15 is 0 Å². The molecule has 0 saturated heterocycles. The first-order valence-corrected chi connectivity index (χ1v) is 7.38. The number of rotatable bonds is 3. The molecule has 0 aliphatic carbocycles. The lowest BCUT2D eigenvalue weighted by atomic mass is 10.1. The average Bonchev–Trinajstić information content (AvgIpc) is 3.17. The van der Waals surface area contributed by atoms with E-state index in [4.69, 9.17) is 9.47 Å². The zero-order valence-corrected chi connectivity index (χ0v) is 12.7. The molecule has 0 saturated carbocycles. The van der Waals surface area contributed by atoms with Crippen molar-refractivity contribution in [2.45, 2.75) is 0 Å². The van der Waals surface area contributed by atoms with Crippen LogP contribution in [0.25, 0.3) is 17.0 Å². The third-order valence-electron chi connectivity index (χ3n) is 4.00. The Morgan fingerprint density at radius 1 is 1.13 bits per heavy atom. The number of para-hydroxylation sites is 1. The number of aromatic nitrogens is 1. The molecular weight excluding hydrogens is 290 g/mol. The van der Waals surface area contributed by atoms with Crippen LogP contribution in [0.3, 0.4) is 0 Å². The van der Waals surface area contributed by atoms with E-state index in [0.29, 0.717) is 17.1 Å². The molecule has 0 atom stereocenters. The van der Waals surface area contributed by atoms with Crippen LogP contribution in [0, 0.1) is 0 Å². The number of hydrogen-bond donors (Lipinski definition) is 0. The van der Waals surface area contributed by atoms with Crippen molar-refractivity contribution in [1.82, 2.24) is 4.57 Å². The normalized spacial score (nSPS) is 13.1. The Labute approximate surface area is 133 Å². The summed E-state index contributed by atoms with van der Waals surface area (Å²) in [6.07, 6.45) is 5.47. The van der Waals surface area contributed by atoms with E-state index in [1.165, 1.54) is 0 Å². The molecule has 0 spiro atoms. The summed E-state index contributed by atoms with van der Waals surface area (Å²) in [5, 5.41) is 1.13. The van der Waals surface area contributed by atoms with Crippen LogP contribution in [0.4, 0.5) is 0 Å². The summed E-state index contributed by atoms with van der Waals surface area (Å²) < 4.78 is 12.6. The summed E-state index contributed by atoms with van der Waals surface area (Å²) in [7, 11) is 2.00. The molecule has 2 heterocycles. The SMILES string of the molecule is Cn1cc(/C=C/C(=O)c2ccc3c(c2)OCO3)c2ccccc21. The fourth-order valence-electron chi connectivity index (χ4n) is 2.82. The third kappa shape index (κ3) is 2.38. The average molecular weight is 305 g/mol. The zero-order valence-electron chi connectivity index (χ0n) is 12.7. The molecule has 1 aromatic heterocycles. The third-order valence-corrected chi connectivity index (χ3v) is 4.00. The molecule has 1 aliphatic heterocycles. The predicted octanol–water partition coefficient (Wildman–Crippen LogP) is 3.80.